The van der Waals surface area contributed by atoms with Gasteiger partial charge in [-0.1, -0.05) is 6.58 Å². The van der Waals surface area contributed by atoms with Crippen molar-refractivity contribution in [2.45, 2.75) is 0 Å². The first kappa shape index (κ1) is 10.6. The minimum Gasteiger partial charge on any atom is -0.376 e. The van der Waals surface area contributed by atoms with Crippen LogP contribution in [-0.2, 0) is 0 Å². The lowest BCUT2D eigenvalue weighted by Crippen LogP contribution is -2.27. The minimum absolute atomic E-state index is 0.0151. The molecule has 0 bridgehead atoms. The molecule has 1 aromatic carbocycles. The van der Waals surface area contributed by atoms with Crippen molar-refractivity contribution >= 4 is 23.0 Å². The van der Waals surface area contributed by atoms with Crippen molar-refractivity contribution < 1.29 is 8.78 Å². The summed E-state index contributed by atoms with van der Waals surface area (Å²) in [5.74, 6) is -1.35. The molecule has 0 radical (unpaired) electrons. The molecule has 0 aliphatic rings. The molecule has 2 nitrogen and oxygen atoms in total. The van der Waals surface area contributed by atoms with Crippen LogP contribution in [0, 0.1) is 11.6 Å². The Morgan fingerprint density at radius 3 is 2.57 bits per heavy atom. The van der Waals surface area contributed by atoms with Crippen LogP contribution in [0.3, 0.4) is 0 Å². The van der Waals surface area contributed by atoms with Crippen LogP contribution in [-0.4, -0.2) is 5.11 Å². The van der Waals surface area contributed by atoms with E-state index in [1.165, 1.54) is 6.07 Å². The fourth-order valence-corrected chi connectivity index (χ4v) is 1.07. The van der Waals surface area contributed by atoms with Crippen LogP contribution < -0.4 is 11.1 Å². The van der Waals surface area contributed by atoms with Crippen LogP contribution in [0.1, 0.15) is 5.56 Å². The van der Waals surface area contributed by atoms with Gasteiger partial charge < -0.3 is 11.1 Å². The molecule has 0 atom stereocenters. The molecule has 0 fully saturated rings. The third-order valence-corrected chi connectivity index (χ3v) is 1.63. The van der Waals surface area contributed by atoms with Gasteiger partial charge in [0.25, 0.3) is 0 Å². The molecule has 0 unspecified atom stereocenters. The fraction of sp³-hybridized carbons (Fsp3) is 0. The highest BCUT2D eigenvalue weighted by molar-refractivity contribution is 7.80. The number of nitrogens with one attached hydrogen (secondary N) is 1. The highest BCUT2D eigenvalue weighted by Gasteiger charge is 2.07. The smallest absolute Gasteiger partial charge is 0.168 e. The van der Waals surface area contributed by atoms with Crippen molar-refractivity contribution in [1.29, 1.82) is 0 Å². The third kappa shape index (κ3) is 2.50. The maximum absolute atomic E-state index is 13.1. The Balaban J connectivity index is 2.96. The quantitative estimate of drug-likeness (QED) is 0.737. The van der Waals surface area contributed by atoms with Crippen molar-refractivity contribution in [3.05, 3.63) is 42.0 Å². The third-order valence-electron chi connectivity index (χ3n) is 1.53. The van der Waals surface area contributed by atoms with E-state index in [1.807, 2.05) is 0 Å². The van der Waals surface area contributed by atoms with Gasteiger partial charge in [0.05, 0.1) is 0 Å². The van der Waals surface area contributed by atoms with Crippen LogP contribution in [0.2, 0.25) is 0 Å². The van der Waals surface area contributed by atoms with E-state index < -0.39 is 11.6 Å². The summed E-state index contributed by atoms with van der Waals surface area (Å²) in [5, 5.41) is 2.46. The van der Waals surface area contributed by atoms with Crippen LogP contribution in [0.15, 0.2) is 24.8 Å². The lowest BCUT2D eigenvalue weighted by Gasteiger charge is -2.08. The lowest BCUT2D eigenvalue weighted by molar-refractivity contribution is 0.580. The summed E-state index contributed by atoms with van der Waals surface area (Å²) < 4.78 is 25.7. The Labute approximate surface area is 85.4 Å². The number of thiocarbonyl (C=S) groups is 1. The van der Waals surface area contributed by atoms with Crippen molar-refractivity contribution in [2.75, 3.05) is 0 Å². The summed E-state index contributed by atoms with van der Waals surface area (Å²) in [6.45, 7) is 3.51. The zero-order valence-corrected chi connectivity index (χ0v) is 8.00. The zero-order valence-electron chi connectivity index (χ0n) is 7.18. The minimum atomic E-state index is -0.709. The Bertz CT molecular complexity index is 390. The molecule has 0 saturated carbocycles. The van der Waals surface area contributed by atoms with E-state index in [1.54, 1.807) is 0 Å². The largest absolute Gasteiger partial charge is 0.376 e. The van der Waals surface area contributed by atoms with Gasteiger partial charge >= 0.3 is 0 Å². The number of hydrogen-bond donors (Lipinski definition) is 2. The number of hydrogen-bond acceptors (Lipinski definition) is 1. The van der Waals surface area contributed by atoms with Gasteiger partial charge in [0, 0.05) is 17.3 Å². The van der Waals surface area contributed by atoms with E-state index in [-0.39, 0.29) is 16.4 Å². The van der Waals surface area contributed by atoms with Gasteiger partial charge in [-0.3, -0.25) is 0 Å². The van der Waals surface area contributed by atoms with Crippen molar-refractivity contribution in [3.63, 3.8) is 0 Å². The summed E-state index contributed by atoms with van der Waals surface area (Å²) in [5.41, 5.74) is 5.52. The molecule has 1 rings (SSSR count). The molecule has 1 aromatic rings. The first-order valence-electron chi connectivity index (χ1n) is 3.71. The summed E-state index contributed by atoms with van der Waals surface area (Å²) >= 11 is 4.55. The second-order valence-electron chi connectivity index (χ2n) is 2.59. The Kier molecular flexibility index (Phi) is 3.14. The highest BCUT2D eigenvalue weighted by atomic mass is 32.1. The van der Waals surface area contributed by atoms with Crippen molar-refractivity contribution in [2.24, 2.45) is 5.73 Å². The van der Waals surface area contributed by atoms with E-state index in [9.17, 15) is 8.78 Å². The zero-order chi connectivity index (χ0) is 10.7. The van der Waals surface area contributed by atoms with Gasteiger partial charge in [-0.25, -0.2) is 8.78 Å². The monoisotopic (exact) mass is 214 g/mol. The van der Waals surface area contributed by atoms with Crippen LogP contribution >= 0.6 is 12.2 Å². The van der Waals surface area contributed by atoms with Gasteiger partial charge in [-0.05, 0) is 24.4 Å². The van der Waals surface area contributed by atoms with E-state index in [4.69, 9.17) is 5.73 Å². The molecule has 0 amide bonds. The molecule has 0 aromatic heterocycles. The van der Waals surface area contributed by atoms with Gasteiger partial charge in [0.2, 0.25) is 0 Å². The number of nitrogens with two attached hydrogens (primary N) is 1. The summed E-state index contributed by atoms with van der Waals surface area (Å²) in [7, 11) is 0. The maximum atomic E-state index is 13.1. The van der Waals surface area contributed by atoms with Gasteiger partial charge in [-0.15, -0.1) is 0 Å². The second-order valence-corrected chi connectivity index (χ2v) is 3.03. The van der Waals surface area contributed by atoms with Gasteiger partial charge in [-0.2, -0.15) is 0 Å². The Morgan fingerprint density at radius 2 is 2.07 bits per heavy atom. The van der Waals surface area contributed by atoms with Crippen LogP contribution in [0.5, 0.6) is 0 Å². The van der Waals surface area contributed by atoms with Crippen LogP contribution in [0.4, 0.5) is 8.78 Å². The van der Waals surface area contributed by atoms with Crippen LogP contribution in [0.25, 0.3) is 5.70 Å². The second kappa shape index (κ2) is 4.15. The van der Waals surface area contributed by atoms with Gasteiger partial charge in [0.1, 0.15) is 11.6 Å². The molecular formula is C9H8F2N2S. The average molecular weight is 214 g/mol. The predicted molar refractivity (Wildman–Crippen MR) is 55.3 cm³/mol. The number of benzene rings is 1. The summed E-state index contributed by atoms with van der Waals surface area (Å²) in [6, 6.07) is 3.16. The number of halogens is 2. The van der Waals surface area contributed by atoms with E-state index in [2.05, 4.69) is 24.1 Å². The Hall–Kier alpha value is -1.49. The fourth-order valence-electron chi connectivity index (χ4n) is 0.950. The molecule has 0 heterocycles. The first-order valence-corrected chi connectivity index (χ1v) is 4.12. The number of rotatable bonds is 2. The first-order chi connectivity index (χ1) is 6.50. The molecule has 74 valence electrons. The van der Waals surface area contributed by atoms with E-state index in [0.29, 0.717) is 0 Å². The molecule has 0 aliphatic heterocycles. The molecule has 5 heteroatoms. The van der Waals surface area contributed by atoms with E-state index in [0.717, 1.165) is 12.1 Å². The topological polar surface area (TPSA) is 38.0 Å². The predicted octanol–water partition coefficient (Wildman–Crippen LogP) is 1.77. The standard InChI is InChI=1S/C9H8F2N2S/c1-5(13-9(12)14)7-3-2-6(10)4-8(7)11/h2-4H,1H2,(H3,12,13,14). The summed E-state index contributed by atoms with van der Waals surface area (Å²) in [6.07, 6.45) is 0. The molecule has 0 aliphatic carbocycles. The molecule has 14 heavy (non-hydrogen) atoms. The Morgan fingerprint density at radius 1 is 1.43 bits per heavy atom. The van der Waals surface area contributed by atoms with Crippen molar-refractivity contribution in [3.8, 4) is 0 Å². The van der Waals surface area contributed by atoms with Gasteiger partial charge in [0.15, 0.2) is 5.11 Å². The molecule has 0 spiro atoms. The molecular weight excluding hydrogens is 206 g/mol. The lowest BCUT2D eigenvalue weighted by atomic mass is 10.1. The highest BCUT2D eigenvalue weighted by Crippen LogP contribution is 2.15. The summed E-state index contributed by atoms with van der Waals surface area (Å²) in [4.78, 5) is 0. The van der Waals surface area contributed by atoms with E-state index >= 15 is 0 Å². The average Bonchev–Trinajstić information content (AvgIpc) is 2.01. The molecule has 3 N–H and O–H groups in total. The normalized spacial score (nSPS) is 9.57. The van der Waals surface area contributed by atoms with Crippen molar-refractivity contribution in [1.82, 2.24) is 5.32 Å². The SMILES string of the molecule is C=C(NC(N)=S)c1ccc(F)cc1F. The molecule has 0 saturated heterocycles. The maximum Gasteiger partial charge on any atom is 0.168 e.